The smallest absolute Gasteiger partial charge is 0.350 e. The van der Waals surface area contributed by atoms with Crippen LogP contribution in [0.4, 0.5) is 4.39 Å². The van der Waals surface area contributed by atoms with Gasteiger partial charge in [-0.2, -0.15) is 18.6 Å². The largest absolute Gasteiger partial charge is 0.465 e. The maximum atomic E-state index is 14.3. The molecule has 3 aromatic carbocycles. The van der Waals surface area contributed by atoms with Gasteiger partial charge in [0.25, 0.3) is 0 Å². The monoisotopic (exact) mass is 562 g/mol. The number of carbonyl (C=O) groups is 1. The third-order valence-electron chi connectivity index (χ3n) is 7.58. The second-order valence-corrected chi connectivity index (χ2v) is 9.89. The van der Waals surface area contributed by atoms with Crippen molar-refractivity contribution in [1.29, 1.82) is 0 Å². The van der Waals surface area contributed by atoms with Gasteiger partial charge in [0.1, 0.15) is 18.2 Å². The Morgan fingerprint density at radius 3 is 2.30 bits per heavy atom. The molecular formula is C31H35FN4O3S. The topological polar surface area (TPSA) is 69.4 Å². The molecule has 2 atom stereocenters. The molecule has 4 aromatic rings. The Labute approximate surface area is 240 Å². The minimum absolute atomic E-state index is 0. The lowest BCUT2D eigenvalue weighted by Gasteiger charge is -2.36. The van der Waals surface area contributed by atoms with Crippen LogP contribution in [-0.2, 0) is 9.53 Å². The Kier molecular flexibility index (Phi) is 9.60. The van der Waals surface area contributed by atoms with Gasteiger partial charge in [0, 0.05) is 5.56 Å². The SMILES string of the molecule is CCOC(=O)[C@@H](c1ccccc1)N1CCC(c2ccc(-n3cnn([C@@H](C)c4ccccc4F)c3=O)cc2)CC1.S. The Hall–Kier alpha value is -3.69. The maximum Gasteiger partial charge on any atom is 0.350 e. The first-order valence-electron chi connectivity index (χ1n) is 13.4. The van der Waals surface area contributed by atoms with Gasteiger partial charge in [0.2, 0.25) is 0 Å². The number of benzene rings is 3. The van der Waals surface area contributed by atoms with E-state index in [9.17, 15) is 14.0 Å². The van der Waals surface area contributed by atoms with Crippen molar-refractivity contribution in [2.45, 2.75) is 44.7 Å². The average Bonchev–Trinajstić information content (AvgIpc) is 3.35. The third-order valence-corrected chi connectivity index (χ3v) is 7.58. The van der Waals surface area contributed by atoms with Crippen molar-refractivity contribution in [1.82, 2.24) is 19.2 Å². The van der Waals surface area contributed by atoms with E-state index < -0.39 is 12.1 Å². The van der Waals surface area contributed by atoms with Crippen molar-refractivity contribution in [3.63, 3.8) is 0 Å². The lowest BCUT2D eigenvalue weighted by molar-refractivity contribution is -0.150. The van der Waals surface area contributed by atoms with Crippen molar-refractivity contribution >= 4 is 19.5 Å². The second kappa shape index (κ2) is 13.1. The van der Waals surface area contributed by atoms with Gasteiger partial charge in [-0.25, -0.2) is 23.2 Å². The van der Waals surface area contributed by atoms with E-state index in [1.807, 2.05) is 49.4 Å². The molecule has 0 N–H and O–H groups in total. The number of likely N-dealkylation sites (tertiary alicyclic amines) is 1. The fourth-order valence-corrected chi connectivity index (χ4v) is 5.46. The molecule has 1 aromatic heterocycles. The molecule has 1 aliphatic rings. The maximum absolute atomic E-state index is 14.3. The zero-order valence-corrected chi connectivity index (χ0v) is 23.7. The highest BCUT2D eigenvalue weighted by molar-refractivity contribution is 7.59. The number of piperidine rings is 1. The number of aromatic nitrogens is 3. The normalized spacial score (nSPS) is 15.7. The summed E-state index contributed by atoms with van der Waals surface area (Å²) in [6.07, 6.45) is 3.31. The summed E-state index contributed by atoms with van der Waals surface area (Å²) >= 11 is 0. The van der Waals surface area contributed by atoms with Crippen molar-refractivity contribution in [2.75, 3.05) is 19.7 Å². The molecule has 7 nitrogen and oxygen atoms in total. The zero-order chi connectivity index (χ0) is 27.4. The first-order valence-corrected chi connectivity index (χ1v) is 13.4. The first-order chi connectivity index (χ1) is 19.0. The summed E-state index contributed by atoms with van der Waals surface area (Å²) in [5, 5.41) is 4.26. The third kappa shape index (κ3) is 6.05. The molecule has 9 heteroatoms. The van der Waals surface area contributed by atoms with Gasteiger partial charge in [-0.3, -0.25) is 4.90 Å². The summed E-state index contributed by atoms with van der Waals surface area (Å²) in [5.41, 5.74) is 2.96. The standard InChI is InChI=1S/C31H33FN4O3.H2S/c1-3-39-30(37)29(25-9-5-4-6-10-25)34-19-17-24(18-20-34)23-13-15-26(16-14-23)35-21-33-36(31(35)38)22(2)27-11-7-8-12-28(27)32;/h4-16,21-22,24,29H,3,17-20H2,1-2H3;1H2/t22-,29+;/m0./s1. The Morgan fingerprint density at radius 2 is 1.65 bits per heavy atom. The summed E-state index contributed by atoms with van der Waals surface area (Å²) in [7, 11) is 0. The second-order valence-electron chi connectivity index (χ2n) is 9.89. The van der Waals surface area contributed by atoms with Crippen LogP contribution < -0.4 is 5.69 Å². The summed E-state index contributed by atoms with van der Waals surface area (Å²) < 4.78 is 22.4. The molecule has 0 bridgehead atoms. The molecule has 0 unspecified atom stereocenters. The van der Waals surface area contributed by atoms with E-state index >= 15 is 0 Å². The molecular weight excluding hydrogens is 527 g/mol. The van der Waals surface area contributed by atoms with Gasteiger partial charge in [0.05, 0.1) is 18.3 Å². The molecule has 5 rings (SSSR count). The van der Waals surface area contributed by atoms with E-state index in [0.717, 1.165) is 31.5 Å². The summed E-state index contributed by atoms with van der Waals surface area (Å²) in [6, 6.07) is 23.3. The van der Waals surface area contributed by atoms with E-state index in [1.54, 1.807) is 25.1 Å². The molecule has 1 saturated heterocycles. The van der Waals surface area contributed by atoms with Crippen molar-refractivity contribution < 1.29 is 13.9 Å². The van der Waals surface area contributed by atoms with E-state index in [0.29, 0.717) is 23.8 Å². The minimum Gasteiger partial charge on any atom is -0.465 e. The number of nitrogens with zero attached hydrogens (tertiary/aromatic N) is 4. The molecule has 40 heavy (non-hydrogen) atoms. The summed E-state index contributed by atoms with van der Waals surface area (Å²) in [5.74, 6) is -0.213. The minimum atomic E-state index is -0.529. The highest BCUT2D eigenvalue weighted by atomic mass is 32.1. The molecule has 0 aliphatic carbocycles. The van der Waals surface area contributed by atoms with Crippen molar-refractivity contribution in [3.05, 3.63) is 118 Å². The van der Waals surface area contributed by atoms with Crippen LogP contribution in [0.2, 0.25) is 0 Å². The lowest BCUT2D eigenvalue weighted by Crippen LogP contribution is -2.40. The van der Waals surface area contributed by atoms with Gasteiger partial charge in [-0.15, -0.1) is 0 Å². The van der Waals surface area contributed by atoms with Crippen LogP contribution in [0.3, 0.4) is 0 Å². The molecule has 1 aliphatic heterocycles. The molecule has 2 heterocycles. The number of rotatable bonds is 8. The number of esters is 1. The highest BCUT2D eigenvalue weighted by Crippen LogP contribution is 2.33. The number of ether oxygens (including phenoxy) is 1. The van der Waals surface area contributed by atoms with Crippen LogP contribution in [0.5, 0.6) is 0 Å². The van der Waals surface area contributed by atoms with Crippen LogP contribution in [0.25, 0.3) is 5.69 Å². The van der Waals surface area contributed by atoms with Gasteiger partial charge in [-0.05, 0) is 75.0 Å². The predicted octanol–water partition coefficient (Wildman–Crippen LogP) is 5.38. The predicted molar refractivity (Wildman–Crippen MR) is 158 cm³/mol. The van der Waals surface area contributed by atoms with E-state index in [2.05, 4.69) is 22.1 Å². The fraction of sp³-hybridized carbons (Fsp3) is 0.323. The van der Waals surface area contributed by atoms with Gasteiger partial charge >= 0.3 is 11.7 Å². The van der Waals surface area contributed by atoms with Gasteiger partial charge in [0.15, 0.2) is 0 Å². The van der Waals surface area contributed by atoms with E-state index in [-0.39, 0.29) is 31.0 Å². The summed E-state index contributed by atoms with van der Waals surface area (Å²) in [4.78, 5) is 28.1. The lowest BCUT2D eigenvalue weighted by atomic mass is 9.88. The van der Waals surface area contributed by atoms with E-state index in [1.165, 1.54) is 27.2 Å². The molecule has 0 saturated carbocycles. The van der Waals surface area contributed by atoms with E-state index in [4.69, 9.17) is 4.74 Å². The molecule has 0 spiro atoms. The highest BCUT2D eigenvalue weighted by Gasteiger charge is 2.32. The van der Waals surface area contributed by atoms with Crippen LogP contribution in [0.1, 0.15) is 61.4 Å². The van der Waals surface area contributed by atoms with Crippen LogP contribution in [0.15, 0.2) is 90.0 Å². The average molecular weight is 563 g/mol. The Morgan fingerprint density at radius 1 is 1.00 bits per heavy atom. The van der Waals surface area contributed by atoms with Crippen molar-refractivity contribution in [2.24, 2.45) is 0 Å². The van der Waals surface area contributed by atoms with Crippen LogP contribution in [0, 0.1) is 5.82 Å². The zero-order valence-electron chi connectivity index (χ0n) is 22.7. The van der Waals surface area contributed by atoms with Gasteiger partial charge in [-0.1, -0.05) is 60.7 Å². The Balaban J connectivity index is 0.00000370. The molecule has 0 radical (unpaired) electrons. The summed E-state index contributed by atoms with van der Waals surface area (Å²) in [6.45, 7) is 5.51. The Bertz CT molecular complexity index is 1460. The fourth-order valence-electron chi connectivity index (χ4n) is 5.46. The molecule has 0 amide bonds. The first kappa shape index (κ1) is 29.3. The number of hydrogen-bond acceptors (Lipinski definition) is 5. The van der Waals surface area contributed by atoms with Gasteiger partial charge < -0.3 is 4.74 Å². The van der Waals surface area contributed by atoms with Crippen molar-refractivity contribution in [3.8, 4) is 5.69 Å². The number of halogens is 1. The van der Waals surface area contributed by atoms with Crippen LogP contribution >= 0.6 is 13.5 Å². The molecule has 210 valence electrons. The number of carbonyl (C=O) groups excluding carboxylic acids is 1. The number of hydrogen-bond donors (Lipinski definition) is 0. The van der Waals surface area contributed by atoms with Crippen LogP contribution in [-0.4, -0.2) is 44.9 Å². The quantitative estimate of drug-likeness (QED) is 0.270. The molecule has 1 fully saturated rings.